The van der Waals surface area contributed by atoms with Gasteiger partial charge in [-0.05, 0) is 6.08 Å². The van der Waals surface area contributed by atoms with Crippen LogP contribution in [0, 0.1) is 5.92 Å². The lowest BCUT2D eigenvalue weighted by molar-refractivity contribution is 0.270. The summed E-state index contributed by atoms with van der Waals surface area (Å²) in [7, 11) is 1.94. The summed E-state index contributed by atoms with van der Waals surface area (Å²) < 4.78 is 0. The number of aliphatic imine (C=N–C) groups is 1. The van der Waals surface area contributed by atoms with E-state index in [4.69, 9.17) is 0 Å². The van der Waals surface area contributed by atoms with E-state index in [2.05, 4.69) is 16.2 Å². The largest absolute Gasteiger partial charge is 0.275 e. The Hall–Kier alpha value is -1.12. The van der Waals surface area contributed by atoms with E-state index in [1.165, 1.54) is 0 Å². The minimum Gasteiger partial charge on any atom is -0.275 e. The zero-order chi connectivity index (χ0) is 6.97. The molecule has 2 atom stereocenters. The maximum absolute atomic E-state index is 4.26. The smallest absolute Gasteiger partial charge is 0.147 e. The van der Waals surface area contributed by atoms with Crippen molar-refractivity contribution in [2.24, 2.45) is 16.0 Å². The number of fused-ring (bicyclic) bond motifs is 1. The molecule has 0 bridgehead atoms. The second kappa shape index (κ2) is 1.94. The van der Waals surface area contributed by atoms with Gasteiger partial charge in [-0.3, -0.25) is 10.0 Å². The average Bonchev–Trinajstić information content (AvgIpc) is 2.34. The summed E-state index contributed by atoms with van der Waals surface area (Å²) in [5.74, 6) is 0.398. The number of hydrazone groups is 1. The van der Waals surface area contributed by atoms with E-state index in [0.29, 0.717) is 5.92 Å². The van der Waals surface area contributed by atoms with Crippen molar-refractivity contribution in [3.8, 4) is 0 Å². The predicted molar refractivity (Wildman–Crippen MR) is 41.2 cm³/mol. The summed E-state index contributed by atoms with van der Waals surface area (Å²) in [6, 6.07) is 0. The molecule has 0 aromatic rings. The van der Waals surface area contributed by atoms with Crippen LogP contribution in [0.4, 0.5) is 0 Å². The van der Waals surface area contributed by atoms with Crippen molar-refractivity contribution in [1.29, 1.82) is 0 Å². The Morgan fingerprint density at radius 2 is 2.40 bits per heavy atom. The van der Waals surface area contributed by atoms with E-state index < -0.39 is 0 Å². The van der Waals surface area contributed by atoms with Gasteiger partial charge in [0.05, 0.1) is 5.92 Å². The van der Waals surface area contributed by atoms with E-state index >= 15 is 0 Å². The normalized spacial score (nSPS) is 35.1. The second-order valence-electron chi connectivity index (χ2n) is 2.51. The first-order valence-electron chi connectivity index (χ1n) is 3.35. The standard InChI is InChI=1S/C7H9N3/c1-10-7-6(5-9-10)3-2-4-8-7/h2-7H,1H3. The van der Waals surface area contributed by atoms with E-state index in [1.807, 2.05) is 30.6 Å². The molecular weight excluding hydrogens is 126 g/mol. The summed E-state index contributed by atoms with van der Waals surface area (Å²) >= 11 is 0. The lowest BCUT2D eigenvalue weighted by Crippen LogP contribution is -2.27. The van der Waals surface area contributed by atoms with Crippen LogP contribution in [0.2, 0.25) is 0 Å². The van der Waals surface area contributed by atoms with Crippen LogP contribution < -0.4 is 0 Å². The third-order valence-electron chi connectivity index (χ3n) is 1.81. The number of rotatable bonds is 0. The molecule has 0 aromatic heterocycles. The molecule has 0 spiro atoms. The van der Waals surface area contributed by atoms with Gasteiger partial charge in [-0.1, -0.05) is 6.08 Å². The highest BCUT2D eigenvalue weighted by molar-refractivity contribution is 5.77. The fraction of sp³-hybridized carbons (Fsp3) is 0.429. The van der Waals surface area contributed by atoms with E-state index in [1.54, 1.807) is 0 Å². The van der Waals surface area contributed by atoms with Crippen molar-refractivity contribution in [3.63, 3.8) is 0 Å². The molecule has 2 heterocycles. The van der Waals surface area contributed by atoms with Crippen molar-refractivity contribution in [2.45, 2.75) is 6.17 Å². The Morgan fingerprint density at radius 3 is 3.20 bits per heavy atom. The van der Waals surface area contributed by atoms with Crippen LogP contribution in [0.15, 0.2) is 22.2 Å². The van der Waals surface area contributed by atoms with Crippen molar-refractivity contribution in [3.05, 3.63) is 12.2 Å². The molecule has 10 heavy (non-hydrogen) atoms. The molecule has 3 heteroatoms. The van der Waals surface area contributed by atoms with Crippen LogP contribution in [-0.4, -0.2) is 30.7 Å². The Balaban J connectivity index is 2.26. The first kappa shape index (κ1) is 5.65. The molecule has 0 saturated heterocycles. The Morgan fingerprint density at radius 1 is 1.50 bits per heavy atom. The molecular formula is C7H9N3. The van der Waals surface area contributed by atoms with Gasteiger partial charge in [-0.2, -0.15) is 5.10 Å². The third-order valence-corrected chi connectivity index (χ3v) is 1.81. The van der Waals surface area contributed by atoms with Crippen molar-refractivity contribution < 1.29 is 0 Å². The van der Waals surface area contributed by atoms with Gasteiger partial charge in [0.2, 0.25) is 0 Å². The van der Waals surface area contributed by atoms with Crippen LogP contribution in [0.1, 0.15) is 0 Å². The highest BCUT2D eigenvalue weighted by Crippen LogP contribution is 2.19. The Kier molecular flexibility index (Phi) is 1.09. The topological polar surface area (TPSA) is 28.0 Å². The zero-order valence-electron chi connectivity index (χ0n) is 5.81. The number of allylic oxidation sites excluding steroid dienone is 1. The second-order valence-corrected chi connectivity index (χ2v) is 2.51. The van der Waals surface area contributed by atoms with Crippen LogP contribution in [-0.2, 0) is 0 Å². The number of hydrogen-bond acceptors (Lipinski definition) is 3. The van der Waals surface area contributed by atoms with E-state index in [0.717, 1.165) is 0 Å². The minimum atomic E-state index is 0.227. The van der Waals surface area contributed by atoms with E-state index in [-0.39, 0.29) is 6.17 Å². The fourth-order valence-electron chi connectivity index (χ4n) is 1.24. The van der Waals surface area contributed by atoms with Crippen LogP contribution >= 0.6 is 0 Å². The molecule has 52 valence electrons. The number of hydrogen-bond donors (Lipinski definition) is 0. The van der Waals surface area contributed by atoms with Crippen LogP contribution in [0.3, 0.4) is 0 Å². The molecule has 2 aliphatic heterocycles. The molecule has 0 N–H and O–H groups in total. The molecule has 2 aliphatic rings. The predicted octanol–water partition coefficient (Wildman–Crippen LogP) is 0.500. The van der Waals surface area contributed by atoms with Crippen molar-refractivity contribution in [2.75, 3.05) is 7.05 Å². The fourth-order valence-corrected chi connectivity index (χ4v) is 1.24. The van der Waals surface area contributed by atoms with Gasteiger partial charge in [0.25, 0.3) is 0 Å². The highest BCUT2D eigenvalue weighted by Gasteiger charge is 2.26. The lowest BCUT2D eigenvalue weighted by Gasteiger charge is -2.19. The molecule has 2 unspecified atom stereocenters. The summed E-state index contributed by atoms with van der Waals surface area (Å²) in [6.45, 7) is 0. The quantitative estimate of drug-likeness (QED) is 0.475. The van der Waals surface area contributed by atoms with Crippen molar-refractivity contribution >= 4 is 12.4 Å². The van der Waals surface area contributed by atoms with Crippen molar-refractivity contribution in [1.82, 2.24) is 5.01 Å². The maximum atomic E-state index is 4.26. The van der Waals surface area contributed by atoms with Crippen LogP contribution in [0.5, 0.6) is 0 Å². The lowest BCUT2D eigenvalue weighted by atomic mass is 10.1. The first-order chi connectivity index (χ1) is 4.88. The van der Waals surface area contributed by atoms with Gasteiger partial charge < -0.3 is 0 Å². The van der Waals surface area contributed by atoms with Gasteiger partial charge in [0.15, 0.2) is 0 Å². The summed E-state index contributed by atoms with van der Waals surface area (Å²) in [5, 5.41) is 6.00. The maximum Gasteiger partial charge on any atom is 0.147 e. The third kappa shape index (κ3) is 0.667. The Bertz CT molecular complexity index is 217. The summed E-state index contributed by atoms with van der Waals surface area (Å²) in [6.07, 6.45) is 8.06. The minimum absolute atomic E-state index is 0.227. The SMILES string of the molecule is CN1N=CC2C=CC=NC21. The van der Waals surface area contributed by atoms with Crippen LogP contribution in [0.25, 0.3) is 0 Å². The van der Waals surface area contributed by atoms with E-state index in [9.17, 15) is 0 Å². The molecule has 2 rings (SSSR count). The molecule has 3 nitrogen and oxygen atoms in total. The van der Waals surface area contributed by atoms with Gasteiger partial charge in [-0.15, -0.1) is 0 Å². The molecule has 0 fully saturated rings. The van der Waals surface area contributed by atoms with Gasteiger partial charge in [0.1, 0.15) is 6.17 Å². The molecule has 0 aliphatic carbocycles. The average molecular weight is 135 g/mol. The molecule has 0 aromatic carbocycles. The number of nitrogens with zero attached hydrogens (tertiary/aromatic N) is 3. The molecule has 0 amide bonds. The first-order valence-corrected chi connectivity index (χ1v) is 3.35. The zero-order valence-corrected chi connectivity index (χ0v) is 5.81. The highest BCUT2D eigenvalue weighted by atomic mass is 15.5. The van der Waals surface area contributed by atoms with Gasteiger partial charge in [0, 0.05) is 19.5 Å². The van der Waals surface area contributed by atoms with Gasteiger partial charge >= 0.3 is 0 Å². The Labute approximate surface area is 59.7 Å². The monoisotopic (exact) mass is 135 g/mol. The summed E-state index contributed by atoms with van der Waals surface area (Å²) in [4.78, 5) is 4.26. The molecule has 0 radical (unpaired) electrons. The van der Waals surface area contributed by atoms with Gasteiger partial charge in [-0.25, -0.2) is 0 Å². The summed E-state index contributed by atoms with van der Waals surface area (Å²) in [5.41, 5.74) is 0. The number of dihydropyridines is 1. The molecule has 0 saturated carbocycles.